The Kier molecular flexibility index (Phi) is 3.44. The third-order valence-electron chi connectivity index (χ3n) is 3.25. The first kappa shape index (κ1) is 12.8. The monoisotopic (exact) mass is 280 g/mol. The molecule has 98 valence electrons. The number of hydrogen-bond acceptors (Lipinski definition) is 1. The molecule has 3 aromatic rings. The van der Waals surface area contributed by atoms with Crippen molar-refractivity contribution < 1.29 is 5.11 Å². The van der Waals surface area contributed by atoms with Crippen LogP contribution in [0.25, 0.3) is 22.3 Å². The largest absolute Gasteiger partial charge is 0.508 e. The van der Waals surface area contributed by atoms with E-state index in [1.165, 1.54) is 5.56 Å². The first-order valence-corrected chi connectivity index (χ1v) is 6.76. The molecular weight excluding hydrogens is 268 g/mol. The van der Waals surface area contributed by atoms with Gasteiger partial charge in [0.15, 0.2) is 0 Å². The molecule has 0 saturated heterocycles. The second kappa shape index (κ2) is 5.40. The van der Waals surface area contributed by atoms with E-state index in [2.05, 4.69) is 24.3 Å². The maximum absolute atomic E-state index is 9.57. The lowest BCUT2D eigenvalue weighted by molar-refractivity contribution is 0.475. The van der Waals surface area contributed by atoms with Crippen LogP contribution in [0.1, 0.15) is 0 Å². The van der Waals surface area contributed by atoms with Gasteiger partial charge in [-0.15, -0.1) is 0 Å². The fourth-order valence-corrected chi connectivity index (χ4v) is 2.43. The van der Waals surface area contributed by atoms with E-state index in [0.717, 1.165) is 16.7 Å². The molecule has 1 nitrogen and oxygen atoms in total. The lowest BCUT2D eigenvalue weighted by Crippen LogP contribution is -1.81. The summed E-state index contributed by atoms with van der Waals surface area (Å²) in [6.07, 6.45) is 0. The zero-order chi connectivity index (χ0) is 13.9. The molecule has 0 radical (unpaired) electrons. The maximum Gasteiger partial charge on any atom is 0.116 e. The Morgan fingerprint density at radius 1 is 0.650 bits per heavy atom. The number of rotatable bonds is 2. The van der Waals surface area contributed by atoms with E-state index in [9.17, 15) is 5.11 Å². The number of hydrogen-bond donors (Lipinski definition) is 1. The molecule has 0 unspecified atom stereocenters. The molecule has 0 heterocycles. The van der Waals surface area contributed by atoms with Crippen LogP contribution < -0.4 is 0 Å². The molecule has 3 aromatic carbocycles. The Balaban J connectivity index is 2.00. The van der Waals surface area contributed by atoms with Crippen LogP contribution >= 0.6 is 11.6 Å². The van der Waals surface area contributed by atoms with Crippen LogP contribution in [-0.2, 0) is 0 Å². The number of aromatic hydroxyl groups is 1. The van der Waals surface area contributed by atoms with Gasteiger partial charge in [0.05, 0.1) is 0 Å². The summed E-state index contributed by atoms with van der Waals surface area (Å²) < 4.78 is 0. The van der Waals surface area contributed by atoms with E-state index in [0.29, 0.717) is 5.02 Å². The van der Waals surface area contributed by atoms with Crippen molar-refractivity contribution >= 4 is 11.6 Å². The Hall–Kier alpha value is -2.25. The summed E-state index contributed by atoms with van der Waals surface area (Å²) in [5.74, 6) is 0.219. The van der Waals surface area contributed by atoms with Crippen LogP contribution in [0.2, 0.25) is 5.02 Å². The molecule has 0 spiro atoms. The summed E-state index contributed by atoms with van der Waals surface area (Å²) in [5.41, 5.74) is 4.17. The smallest absolute Gasteiger partial charge is 0.116 e. The highest BCUT2D eigenvalue weighted by atomic mass is 35.5. The second-order valence-electron chi connectivity index (χ2n) is 4.61. The van der Waals surface area contributed by atoms with E-state index >= 15 is 0 Å². The maximum atomic E-state index is 9.57. The van der Waals surface area contributed by atoms with Gasteiger partial charge in [-0.25, -0.2) is 0 Å². The quantitative estimate of drug-likeness (QED) is 0.668. The minimum Gasteiger partial charge on any atom is -0.508 e. The molecule has 0 atom stereocenters. The van der Waals surface area contributed by atoms with Crippen molar-refractivity contribution in [3.05, 3.63) is 77.8 Å². The fraction of sp³-hybridized carbons (Fsp3) is 0. The molecule has 0 aliphatic rings. The predicted octanol–water partition coefficient (Wildman–Crippen LogP) is 5.38. The molecule has 0 fully saturated rings. The first-order valence-electron chi connectivity index (χ1n) is 6.38. The van der Waals surface area contributed by atoms with Crippen molar-refractivity contribution in [2.75, 3.05) is 0 Å². The molecule has 0 saturated carbocycles. The van der Waals surface area contributed by atoms with Crippen LogP contribution in [-0.4, -0.2) is 5.11 Å². The van der Waals surface area contributed by atoms with Crippen molar-refractivity contribution in [1.82, 2.24) is 0 Å². The Morgan fingerprint density at radius 3 is 1.95 bits per heavy atom. The topological polar surface area (TPSA) is 20.2 Å². The standard InChI is InChI=1S/C18H13ClO/c19-18-11-10-16(20)12-17(18)15-8-6-14(7-9-15)13-4-2-1-3-5-13/h1-12,20H. The van der Waals surface area contributed by atoms with E-state index in [-0.39, 0.29) is 5.75 Å². The predicted molar refractivity (Wildman–Crippen MR) is 84.0 cm³/mol. The molecule has 1 N–H and O–H groups in total. The van der Waals surface area contributed by atoms with Crippen LogP contribution in [0.15, 0.2) is 72.8 Å². The Bertz CT molecular complexity index is 718. The van der Waals surface area contributed by atoms with Crippen LogP contribution in [0.4, 0.5) is 0 Å². The van der Waals surface area contributed by atoms with E-state index in [1.807, 2.05) is 30.3 Å². The SMILES string of the molecule is Oc1ccc(Cl)c(-c2ccc(-c3ccccc3)cc2)c1. The van der Waals surface area contributed by atoms with Gasteiger partial charge in [0.1, 0.15) is 5.75 Å². The van der Waals surface area contributed by atoms with Crippen molar-refractivity contribution in [1.29, 1.82) is 0 Å². The molecule has 0 aliphatic heterocycles. The third kappa shape index (κ3) is 2.54. The van der Waals surface area contributed by atoms with Gasteiger partial charge in [0.2, 0.25) is 0 Å². The zero-order valence-corrected chi connectivity index (χ0v) is 11.5. The number of phenols is 1. The zero-order valence-electron chi connectivity index (χ0n) is 10.8. The fourth-order valence-electron chi connectivity index (χ4n) is 2.21. The van der Waals surface area contributed by atoms with Gasteiger partial charge in [-0.2, -0.15) is 0 Å². The molecule has 2 heteroatoms. The van der Waals surface area contributed by atoms with Gasteiger partial charge in [0.25, 0.3) is 0 Å². The van der Waals surface area contributed by atoms with Crippen LogP contribution in [0.5, 0.6) is 5.75 Å². The summed E-state index contributed by atoms with van der Waals surface area (Å²) >= 11 is 6.18. The molecule has 0 aromatic heterocycles. The molecule has 0 amide bonds. The number of phenolic OH excluding ortho intramolecular Hbond substituents is 1. The van der Waals surface area contributed by atoms with Gasteiger partial charge >= 0.3 is 0 Å². The first-order chi connectivity index (χ1) is 9.74. The Morgan fingerprint density at radius 2 is 1.25 bits per heavy atom. The number of benzene rings is 3. The van der Waals surface area contributed by atoms with Gasteiger partial charge in [-0.3, -0.25) is 0 Å². The molecule has 0 aliphatic carbocycles. The molecule has 0 bridgehead atoms. The normalized spacial score (nSPS) is 10.4. The highest BCUT2D eigenvalue weighted by Crippen LogP contribution is 2.32. The average Bonchev–Trinajstić information content (AvgIpc) is 2.51. The highest BCUT2D eigenvalue weighted by molar-refractivity contribution is 6.33. The summed E-state index contributed by atoms with van der Waals surface area (Å²) in [4.78, 5) is 0. The molecule has 3 rings (SSSR count). The van der Waals surface area contributed by atoms with Crippen molar-refractivity contribution in [2.45, 2.75) is 0 Å². The van der Waals surface area contributed by atoms with Gasteiger partial charge < -0.3 is 5.11 Å². The van der Waals surface area contributed by atoms with Crippen molar-refractivity contribution in [3.63, 3.8) is 0 Å². The van der Waals surface area contributed by atoms with Crippen LogP contribution in [0.3, 0.4) is 0 Å². The lowest BCUT2D eigenvalue weighted by atomic mass is 10.0. The summed E-state index contributed by atoms with van der Waals surface area (Å²) in [6.45, 7) is 0. The van der Waals surface area contributed by atoms with Gasteiger partial charge in [0, 0.05) is 10.6 Å². The number of halogens is 1. The highest BCUT2D eigenvalue weighted by Gasteiger charge is 2.05. The summed E-state index contributed by atoms with van der Waals surface area (Å²) in [5, 5.41) is 10.2. The summed E-state index contributed by atoms with van der Waals surface area (Å²) in [6, 6.07) is 23.3. The molecular formula is C18H13ClO. The third-order valence-corrected chi connectivity index (χ3v) is 3.58. The molecule has 20 heavy (non-hydrogen) atoms. The minimum atomic E-state index is 0.219. The van der Waals surface area contributed by atoms with Crippen LogP contribution in [0, 0.1) is 0 Å². The second-order valence-corrected chi connectivity index (χ2v) is 5.01. The summed E-state index contributed by atoms with van der Waals surface area (Å²) in [7, 11) is 0. The Labute approximate surface area is 123 Å². The van der Waals surface area contributed by atoms with E-state index in [1.54, 1.807) is 18.2 Å². The van der Waals surface area contributed by atoms with Gasteiger partial charge in [-0.05, 0) is 34.9 Å². The van der Waals surface area contributed by atoms with Crippen molar-refractivity contribution in [2.24, 2.45) is 0 Å². The average molecular weight is 281 g/mol. The van der Waals surface area contributed by atoms with Gasteiger partial charge in [-0.1, -0.05) is 66.2 Å². The lowest BCUT2D eigenvalue weighted by Gasteiger charge is -2.07. The van der Waals surface area contributed by atoms with E-state index in [4.69, 9.17) is 11.6 Å². The van der Waals surface area contributed by atoms with Crippen molar-refractivity contribution in [3.8, 4) is 28.0 Å². The minimum absolute atomic E-state index is 0.219. The van der Waals surface area contributed by atoms with E-state index < -0.39 is 0 Å².